The topological polar surface area (TPSA) is 57.0 Å². The number of hydrogen-bond donors (Lipinski definition) is 0. The van der Waals surface area contributed by atoms with Crippen molar-refractivity contribution in [1.82, 2.24) is 14.8 Å². The monoisotopic (exact) mass is 267 g/mol. The van der Waals surface area contributed by atoms with E-state index in [0.29, 0.717) is 12.1 Å². The smallest absolute Gasteiger partial charge is 0.338 e. The van der Waals surface area contributed by atoms with E-state index < -0.39 is 0 Å². The van der Waals surface area contributed by atoms with Crippen molar-refractivity contribution in [3.05, 3.63) is 60.0 Å². The molecule has 0 saturated carbocycles. The Hall–Kier alpha value is -2.69. The van der Waals surface area contributed by atoms with Crippen LogP contribution < -0.4 is 0 Å². The fraction of sp³-hybridized carbons (Fsp3) is 0.133. The third-order valence-electron chi connectivity index (χ3n) is 3.15. The van der Waals surface area contributed by atoms with Crippen LogP contribution in [0.15, 0.2) is 48.9 Å². The first kappa shape index (κ1) is 12.3. The molecular weight excluding hydrogens is 254 g/mol. The average molecular weight is 267 g/mol. The lowest BCUT2D eigenvalue weighted by Gasteiger charge is -2.04. The summed E-state index contributed by atoms with van der Waals surface area (Å²) in [4.78, 5) is 15.8. The van der Waals surface area contributed by atoms with Crippen LogP contribution in [-0.2, 0) is 11.3 Å². The summed E-state index contributed by atoms with van der Waals surface area (Å²) in [7, 11) is 1.38. The number of carbonyl (C=O) groups is 1. The number of fused-ring (bicyclic) bond motifs is 1. The average Bonchev–Trinajstić information content (AvgIpc) is 2.91. The molecule has 0 amide bonds. The second kappa shape index (κ2) is 5.13. The van der Waals surface area contributed by atoms with Crippen LogP contribution in [0.4, 0.5) is 0 Å². The number of ether oxygens (including phenoxy) is 1. The lowest BCUT2D eigenvalue weighted by atomic mass is 10.1. The molecule has 0 radical (unpaired) electrons. The van der Waals surface area contributed by atoms with Gasteiger partial charge in [0.1, 0.15) is 0 Å². The van der Waals surface area contributed by atoms with E-state index in [2.05, 4.69) is 10.1 Å². The fourth-order valence-electron chi connectivity index (χ4n) is 2.18. The molecule has 2 heterocycles. The fourth-order valence-corrected chi connectivity index (χ4v) is 2.18. The van der Waals surface area contributed by atoms with E-state index in [9.17, 15) is 4.79 Å². The molecule has 100 valence electrons. The third kappa shape index (κ3) is 2.14. The minimum atomic E-state index is -0.350. The van der Waals surface area contributed by atoms with Crippen molar-refractivity contribution in [2.24, 2.45) is 0 Å². The molecule has 20 heavy (non-hydrogen) atoms. The number of esters is 1. The highest BCUT2D eigenvalue weighted by Crippen LogP contribution is 2.20. The minimum absolute atomic E-state index is 0.350. The molecule has 0 saturated heterocycles. The summed E-state index contributed by atoms with van der Waals surface area (Å²) in [5.41, 5.74) is 2.49. The second-order valence-corrected chi connectivity index (χ2v) is 4.39. The number of rotatable bonds is 3. The Balaban J connectivity index is 2.04. The molecule has 1 aromatic carbocycles. The van der Waals surface area contributed by atoms with E-state index in [1.165, 1.54) is 7.11 Å². The molecule has 0 aliphatic rings. The van der Waals surface area contributed by atoms with Gasteiger partial charge in [-0.25, -0.2) is 4.79 Å². The van der Waals surface area contributed by atoms with Crippen LogP contribution in [0.2, 0.25) is 0 Å². The standard InChI is InChI=1S/C15H13N3O2/c1-20-15(19)12-5-2-6-14-13(12)9-17-18(14)10-11-4-3-7-16-8-11/h2-9H,10H2,1H3. The Morgan fingerprint density at radius 2 is 2.15 bits per heavy atom. The molecule has 2 aromatic heterocycles. The van der Waals surface area contributed by atoms with Gasteiger partial charge in [0.15, 0.2) is 0 Å². The van der Waals surface area contributed by atoms with Crippen LogP contribution >= 0.6 is 0 Å². The zero-order chi connectivity index (χ0) is 13.9. The van der Waals surface area contributed by atoms with Gasteiger partial charge in [-0.2, -0.15) is 5.10 Å². The van der Waals surface area contributed by atoms with E-state index in [-0.39, 0.29) is 5.97 Å². The second-order valence-electron chi connectivity index (χ2n) is 4.39. The van der Waals surface area contributed by atoms with Crippen LogP contribution in [-0.4, -0.2) is 27.8 Å². The van der Waals surface area contributed by atoms with E-state index in [1.807, 2.05) is 28.9 Å². The lowest BCUT2D eigenvalue weighted by Crippen LogP contribution is -2.03. The van der Waals surface area contributed by atoms with Crippen molar-refractivity contribution >= 4 is 16.9 Å². The van der Waals surface area contributed by atoms with Gasteiger partial charge in [-0.05, 0) is 23.8 Å². The molecule has 0 N–H and O–H groups in total. The molecule has 0 spiro atoms. The molecule has 5 heteroatoms. The molecule has 3 aromatic rings. The third-order valence-corrected chi connectivity index (χ3v) is 3.15. The number of benzene rings is 1. The van der Waals surface area contributed by atoms with Crippen LogP contribution in [0.3, 0.4) is 0 Å². The maximum atomic E-state index is 11.7. The summed E-state index contributed by atoms with van der Waals surface area (Å²) in [5.74, 6) is -0.350. The Morgan fingerprint density at radius 3 is 2.90 bits per heavy atom. The summed E-state index contributed by atoms with van der Waals surface area (Å²) in [6, 6.07) is 9.39. The van der Waals surface area contributed by atoms with Crippen molar-refractivity contribution in [1.29, 1.82) is 0 Å². The first-order chi connectivity index (χ1) is 9.79. The van der Waals surface area contributed by atoms with E-state index in [0.717, 1.165) is 16.5 Å². The minimum Gasteiger partial charge on any atom is -0.465 e. The molecule has 0 fully saturated rings. The van der Waals surface area contributed by atoms with Gasteiger partial charge < -0.3 is 4.74 Å². The number of hydrogen-bond acceptors (Lipinski definition) is 4. The first-order valence-electron chi connectivity index (χ1n) is 6.21. The highest BCUT2D eigenvalue weighted by Gasteiger charge is 2.13. The number of pyridine rings is 1. The van der Waals surface area contributed by atoms with Crippen molar-refractivity contribution in [3.8, 4) is 0 Å². The van der Waals surface area contributed by atoms with Gasteiger partial charge in [0.05, 0.1) is 30.9 Å². The molecule has 3 rings (SSSR count). The van der Waals surface area contributed by atoms with Crippen molar-refractivity contribution in [3.63, 3.8) is 0 Å². The molecule has 5 nitrogen and oxygen atoms in total. The van der Waals surface area contributed by atoms with E-state index in [1.54, 1.807) is 24.7 Å². The van der Waals surface area contributed by atoms with Crippen LogP contribution in [0.1, 0.15) is 15.9 Å². The van der Waals surface area contributed by atoms with Gasteiger partial charge in [0.2, 0.25) is 0 Å². The summed E-state index contributed by atoms with van der Waals surface area (Å²) in [6.45, 7) is 0.613. The lowest BCUT2D eigenvalue weighted by molar-refractivity contribution is 0.0603. The predicted molar refractivity (Wildman–Crippen MR) is 74.4 cm³/mol. The van der Waals surface area contributed by atoms with E-state index >= 15 is 0 Å². The summed E-state index contributed by atoms with van der Waals surface area (Å²) < 4.78 is 6.63. The Morgan fingerprint density at radius 1 is 1.25 bits per heavy atom. The van der Waals surface area contributed by atoms with Crippen molar-refractivity contribution in [2.75, 3.05) is 7.11 Å². The quantitative estimate of drug-likeness (QED) is 0.683. The highest BCUT2D eigenvalue weighted by molar-refractivity contribution is 6.03. The molecule has 0 aliphatic heterocycles. The SMILES string of the molecule is COC(=O)c1cccc2c1cnn2Cc1cccnc1. The van der Waals surface area contributed by atoms with Crippen molar-refractivity contribution < 1.29 is 9.53 Å². The number of aromatic nitrogens is 3. The Kier molecular flexibility index (Phi) is 3.16. The van der Waals surface area contributed by atoms with Gasteiger partial charge in [-0.15, -0.1) is 0 Å². The van der Waals surface area contributed by atoms with Gasteiger partial charge >= 0.3 is 5.97 Å². The maximum Gasteiger partial charge on any atom is 0.338 e. The number of carbonyl (C=O) groups excluding carboxylic acids is 1. The van der Waals surface area contributed by atoms with Crippen LogP contribution in [0, 0.1) is 0 Å². The predicted octanol–water partition coefficient (Wildman–Crippen LogP) is 2.27. The summed E-state index contributed by atoms with van der Waals surface area (Å²) in [5, 5.41) is 5.14. The molecular formula is C15H13N3O2. The van der Waals surface area contributed by atoms with E-state index in [4.69, 9.17) is 4.74 Å². The van der Waals surface area contributed by atoms with Crippen molar-refractivity contribution in [2.45, 2.75) is 6.54 Å². The largest absolute Gasteiger partial charge is 0.465 e. The summed E-state index contributed by atoms with van der Waals surface area (Å²) in [6.07, 6.45) is 5.23. The van der Waals surface area contributed by atoms with Gasteiger partial charge in [-0.1, -0.05) is 12.1 Å². The maximum absolute atomic E-state index is 11.7. The van der Waals surface area contributed by atoms with Gasteiger partial charge in [0.25, 0.3) is 0 Å². The van der Waals surface area contributed by atoms with Gasteiger partial charge in [-0.3, -0.25) is 9.67 Å². The molecule has 0 atom stereocenters. The molecule has 0 unspecified atom stereocenters. The normalized spacial score (nSPS) is 10.7. The first-order valence-corrected chi connectivity index (χ1v) is 6.21. The van der Waals surface area contributed by atoms with Gasteiger partial charge in [0, 0.05) is 17.8 Å². The zero-order valence-electron chi connectivity index (χ0n) is 11.0. The molecule has 0 aliphatic carbocycles. The van der Waals surface area contributed by atoms with Crippen LogP contribution in [0.5, 0.6) is 0 Å². The Labute approximate surface area is 115 Å². The highest BCUT2D eigenvalue weighted by atomic mass is 16.5. The summed E-state index contributed by atoms with van der Waals surface area (Å²) >= 11 is 0. The number of methoxy groups -OCH3 is 1. The number of nitrogens with zero attached hydrogens (tertiary/aromatic N) is 3. The Bertz CT molecular complexity index is 750. The zero-order valence-corrected chi connectivity index (χ0v) is 11.0. The molecule has 0 bridgehead atoms. The van der Waals surface area contributed by atoms with Crippen LogP contribution in [0.25, 0.3) is 10.9 Å².